The van der Waals surface area contributed by atoms with Gasteiger partial charge in [-0.3, -0.25) is 4.79 Å². The van der Waals surface area contributed by atoms with Gasteiger partial charge in [0.2, 0.25) is 0 Å². The molecule has 0 atom stereocenters. The summed E-state index contributed by atoms with van der Waals surface area (Å²) in [6, 6.07) is 1.96. The molecule has 2 heterocycles. The maximum absolute atomic E-state index is 11.8. The highest BCUT2D eigenvalue weighted by Crippen LogP contribution is 2.21. The van der Waals surface area contributed by atoms with Gasteiger partial charge in [0.1, 0.15) is 5.69 Å². The van der Waals surface area contributed by atoms with Crippen LogP contribution in [0, 0.1) is 6.92 Å². The zero-order chi connectivity index (χ0) is 11.7. The average Bonchev–Trinajstić information content (AvgIpc) is 2.32. The summed E-state index contributed by atoms with van der Waals surface area (Å²) < 4.78 is 6.85. The molecule has 0 spiro atoms. The van der Waals surface area contributed by atoms with Crippen LogP contribution < -0.4 is 16.2 Å². The Morgan fingerprint density at radius 3 is 2.62 bits per heavy atom. The maximum Gasteiger partial charge on any atom is 0.275 e. The Labute approximate surface area is 94.4 Å². The van der Waals surface area contributed by atoms with E-state index in [0.717, 1.165) is 24.5 Å². The number of nitrogen functional groups attached to an aromatic ring is 1. The summed E-state index contributed by atoms with van der Waals surface area (Å²) in [5.41, 5.74) is 7.83. The summed E-state index contributed by atoms with van der Waals surface area (Å²) in [6.07, 6.45) is 0. The molecule has 2 rings (SSSR count). The third kappa shape index (κ3) is 1.78. The van der Waals surface area contributed by atoms with Crippen molar-refractivity contribution in [2.75, 3.05) is 36.9 Å². The van der Waals surface area contributed by atoms with Crippen LogP contribution in [-0.2, 0) is 11.8 Å². The van der Waals surface area contributed by atoms with Crippen molar-refractivity contribution in [3.8, 4) is 0 Å². The lowest BCUT2D eigenvalue weighted by Gasteiger charge is -2.30. The van der Waals surface area contributed by atoms with Gasteiger partial charge in [-0.05, 0) is 13.0 Å². The summed E-state index contributed by atoms with van der Waals surface area (Å²) >= 11 is 0. The lowest BCUT2D eigenvalue weighted by molar-refractivity contribution is 0.122. The fourth-order valence-corrected chi connectivity index (χ4v) is 1.89. The molecule has 2 N–H and O–H groups in total. The second-order valence-electron chi connectivity index (χ2n) is 4.05. The minimum atomic E-state index is -0.124. The van der Waals surface area contributed by atoms with E-state index < -0.39 is 0 Å². The molecule has 16 heavy (non-hydrogen) atoms. The van der Waals surface area contributed by atoms with Crippen LogP contribution in [0.15, 0.2) is 10.9 Å². The summed E-state index contributed by atoms with van der Waals surface area (Å²) in [5, 5.41) is 0. The SMILES string of the molecule is Cc1cc(N2CCOCC2)c(N)c(=O)n1C. The van der Waals surface area contributed by atoms with Crippen molar-refractivity contribution in [2.45, 2.75) is 6.92 Å². The van der Waals surface area contributed by atoms with E-state index in [1.54, 1.807) is 11.6 Å². The molecule has 0 saturated carbocycles. The third-order valence-electron chi connectivity index (χ3n) is 3.04. The van der Waals surface area contributed by atoms with Crippen LogP contribution in [0.5, 0.6) is 0 Å². The molecular formula is C11H17N3O2. The molecule has 1 saturated heterocycles. The number of morpholine rings is 1. The molecule has 0 aliphatic carbocycles. The van der Waals surface area contributed by atoms with Crippen molar-refractivity contribution in [2.24, 2.45) is 7.05 Å². The summed E-state index contributed by atoms with van der Waals surface area (Å²) in [5.74, 6) is 0. The molecule has 1 aliphatic rings. The van der Waals surface area contributed by atoms with E-state index in [1.807, 2.05) is 13.0 Å². The second kappa shape index (κ2) is 4.17. The van der Waals surface area contributed by atoms with E-state index in [4.69, 9.17) is 10.5 Å². The molecule has 1 aromatic rings. The van der Waals surface area contributed by atoms with Gasteiger partial charge in [-0.25, -0.2) is 0 Å². The highest BCUT2D eigenvalue weighted by Gasteiger charge is 2.16. The number of aromatic nitrogens is 1. The second-order valence-corrected chi connectivity index (χ2v) is 4.05. The summed E-state index contributed by atoms with van der Waals surface area (Å²) in [4.78, 5) is 13.9. The van der Waals surface area contributed by atoms with E-state index in [9.17, 15) is 4.79 Å². The molecule has 0 bridgehead atoms. The number of nitrogens with zero attached hydrogens (tertiary/aromatic N) is 2. The fraction of sp³-hybridized carbons (Fsp3) is 0.545. The van der Waals surface area contributed by atoms with E-state index in [1.165, 1.54) is 0 Å². The Balaban J connectivity index is 2.44. The van der Waals surface area contributed by atoms with Crippen LogP contribution in [0.1, 0.15) is 5.69 Å². The standard InChI is InChI=1S/C11H17N3O2/c1-8-7-9(10(12)11(15)13(8)2)14-3-5-16-6-4-14/h7H,3-6,12H2,1-2H3. The molecule has 0 amide bonds. The van der Waals surface area contributed by atoms with Gasteiger partial charge < -0.3 is 19.9 Å². The van der Waals surface area contributed by atoms with Crippen molar-refractivity contribution in [3.63, 3.8) is 0 Å². The van der Waals surface area contributed by atoms with E-state index in [-0.39, 0.29) is 5.56 Å². The predicted octanol–water partition coefficient (Wildman–Crippen LogP) is 0.113. The molecular weight excluding hydrogens is 206 g/mol. The van der Waals surface area contributed by atoms with Gasteiger partial charge >= 0.3 is 0 Å². The molecule has 0 radical (unpaired) electrons. The first-order valence-corrected chi connectivity index (χ1v) is 5.40. The minimum Gasteiger partial charge on any atom is -0.393 e. The molecule has 1 fully saturated rings. The molecule has 5 heteroatoms. The van der Waals surface area contributed by atoms with E-state index in [0.29, 0.717) is 18.9 Å². The first kappa shape index (κ1) is 11.0. The number of aryl methyl sites for hydroxylation is 1. The number of hydrogen-bond donors (Lipinski definition) is 1. The monoisotopic (exact) mass is 223 g/mol. The fourth-order valence-electron chi connectivity index (χ4n) is 1.89. The molecule has 1 aliphatic heterocycles. The summed E-state index contributed by atoms with van der Waals surface area (Å²) in [7, 11) is 1.73. The average molecular weight is 223 g/mol. The Morgan fingerprint density at radius 2 is 2.00 bits per heavy atom. The zero-order valence-corrected chi connectivity index (χ0v) is 9.69. The quantitative estimate of drug-likeness (QED) is 0.734. The molecule has 0 aromatic carbocycles. The number of anilines is 2. The largest absolute Gasteiger partial charge is 0.393 e. The van der Waals surface area contributed by atoms with Crippen molar-refractivity contribution in [1.82, 2.24) is 4.57 Å². The number of hydrogen-bond acceptors (Lipinski definition) is 4. The Bertz CT molecular complexity index is 447. The first-order chi connectivity index (χ1) is 7.61. The van der Waals surface area contributed by atoms with Crippen LogP contribution >= 0.6 is 0 Å². The van der Waals surface area contributed by atoms with Crippen molar-refractivity contribution < 1.29 is 4.74 Å². The van der Waals surface area contributed by atoms with Crippen molar-refractivity contribution in [3.05, 3.63) is 22.1 Å². The van der Waals surface area contributed by atoms with Gasteiger partial charge in [-0.2, -0.15) is 0 Å². The highest BCUT2D eigenvalue weighted by atomic mass is 16.5. The van der Waals surface area contributed by atoms with Gasteiger partial charge in [-0.15, -0.1) is 0 Å². The number of ether oxygens (including phenoxy) is 1. The van der Waals surface area contributed by atoms with Gasteiger partial charge in [-0.1, -0.05) is 0 Å². The molecule has 88 valence electrons. The smallest absolute Gasteiger partial charge is 0.275 e. The number of rotatable bonds is 1. The van der Waals surface area contributed by atoms with E-state index >= 15 is 0 Å². The maximum atomic E-state index is 11.8. The van der Waals surface area contributed by atoms with Gasteiger partial charge in [0.05, 0.1) is 18.9 Å². The highest BCUT2D eigenvalue weighted by molar-refractivity contribution is 5.67. The van der Waals surface area contributed by atoms with Crippen molar-refractivity contribution >= 4 is 11.4 Å². The van der Waals surface area contributed by atoms with Gasteiger partial charge in [0.15, 0.2) is 0 Å². The van der Waals surface area contributed by atoms with E-state index in [2.05, 4.69) is 4.90 Å². The number of pyridine rings is 1. The topological polar surface area (TPSA) is 60.5 Å². The van der Waals surface area contributed by atoms with Crippen molar-refractivity contribution in [1.29, 1.82) is 0 Å². The zero-order valence-electron chi connectivity index (χ0n) is 9.69. The van der Waals surface area contributed by atoms with Crippen LogP contribution in [-0.4, -0.2) is 30.9 Å². The summed E-state index contributed by atoms with van der Waals surface area (Å²) in [6.45, 7) is 4.86. The normalized spacial score (nSPS) is 16.5. The Hall–Kier alpha value is -1.49. The first-order valence-electron chi connectivity index (χ1n) is 5.40. The van der Waals surface area contributed by atoms with Gasteiger partial charge in [0, 0.05) is 25.8 Å². The molecule has 0 unspecified atom stereocenters. The van der Waals surface area contributed by atoms with Crippen LogP contribution in [0.25, 0.3) is 0 Å². The lowest BCUT2D eigenvalue weighted by Crippen LogP contribution is -2.38. The van der Waals surface area contributed by atoms with Crippen LogP contribution in [0.4, 0.5) is 11.4 Å². The lowest BCUT2D eigenvalue weighted by atomic mass is 10.2. The number of nitrogens with two attached hydrogens (primary N) is 1. The third-order valence-corrected chi connectivity index (χ3v) is 3.04. The van der Waals surface area contributed by atoms with Gasteiger partial charge in [0.25, 0.3) is 5.56 Å². The Morgan fingerprint density at radius 1 is 1.38 bits per heavy atom. The molecule has 5 nitrogen and oxygen atoms in total. The van der Waals surface area contributed by atoms with Crippen LogP contribution in [0.2, 0.25) is 0 Å². The predicted molar refractivity (Wildman–Crippen MR) is 63.9 cm³/mol. The molecule has 1 aromatic heterocycles. The Kier molecular flexibility index (Phi) is 2.87. The minimum absolute atomic E-state index is 0.124. The van der Waals surface area contributed by atoms with Crippen LogP contribution in [0.3, 0.4) is 0 Å².